The number of methoxy groups -OCH3 is 1. The Morgan fingerprint density at radius 2 is 2.10 bits per heavy atom. The number of thioether (sulfide) groups is 1. The molecule has 0 spiro atoms. The second kappa shape index (κ2) is 8.26. The average Bonchev–Trinajstić information content (AvgIpc) is 2.46. The number of rotatable bonds is 9. The third-order valence-corrected chi connectivity index (χ3v) is 4.93. The van der Waals surface area contributed by atoms with Crippen molar-refractivity contribution in [1.82, 2.24) is 4.72 Å². The summed E-state index contributed by atoms with van der Waals surface area (Å²) in [6, 6.07) is 3.77. The molecule has 0 radical (unpaired) electrons. The maximum atomic E-state index is 12.1. The smallest absolute Gasteiger partial charge is 0.339 e. The maximum Gasteiger partial charge on any atom is 0.339 e. The number of hydrogen-bond donors (Lipinski definition) is 2. The van der Waals surface area contributed by atoms with Crippen LogP contribution >= 0.6 is 11.8 Å². The zero-order valence-corrected chi connectivity index (χ0v) is 13.6. The van der Waals surface area contributed by atoms with Gasteiger partial charge in [-0.15, -0.1) is 0 Å². The van der Waals surface area contributed by atoms with E-state index in [1.807, 2.05) is 6.26 Å². The number of benzene rings is 1. The fourth-order valence-electron chi connectivity index (χ4n) is 1.68. The van der Waals surface area contributed by atoms with Crippen LogP contribution in [0.2, 0.25) is 0 Å². The number of aromatic carboxylic acids is 1. The molecule has 0 heterocycles. The lowest BCUT2D eigenvalue weighted by Gasteiger charge is -2.09. The highest BCUT2D eigenvalue weighted by atomic mass is 32.2. The molecule has 0 unspecified atom stereocenters. The van der Waals surface area contributed by atoms with Crippen LogP contribution in [0.3, 0.4) is 0 Å². The Bertz CT molecular complexity index is 586. The molecule has 0 bridgehead atoms. The number of carbonyl (C=O) groups is 1. The van der Waals surface area contributed by atoms with Crippen LogP contribution in [0, 0.1) is 0 Å². The van der Waals surface area contributed by atoms with Crippen molar-refractivity contribution in [3.8, 4) is 5.75 Å². The van der Waals surface area contributed by atoms with Crippen LogP contribution in [0.1, 0.15) is 23.2 Å². The predicted octanol–water partition coefficient (Wildman–Crippen LogP) is 1.81. The Morgan fingerprint density at radius 1 is 1.38 bits per heavy atom. The third kappa shape index (κ3) is 5.22. The number of ether oxygens (including phenoxy) is 1. The molecule has 1 aromatic carbocycles. The Kier molecular flexibility index (Phi) is 7.00. The van der Waals surface area contributed by atoms with Crippen molar-refractivity contribution < 1.29 is 23.1 Å². The van der Waals surface area contributed by atoms with Gasteiger partial charge in [-0.05, 0) is 43.0 Å². The standard InChI is InChI=1S/C13H19NO5S2/c1-19-12-6-5-10(9-11(12)13(15)16)21(17,18)14-7-3-4-8-20-2/h5-6,9,14H,3-4,7-8H2,1-2H3,(H,15,16). The summed E-state index contributed by atoms with van der Waals surface area (Å²) >= 11 is 1.71. The first-order valence-corrected chi connectivity index (χ1v) is 9.20. The molecule has 0 aliphatic carbocycles. The zero-order chi connectivity index (χ0) is 15.9. The van der Waals surface area contributed by atoms with Crippen molar-refractivity contribution in [1.29, 1.82) is 0 Å². The minimum atomic E-state index is -3.70. The molecule has 0 aliphatic heterocycles. The highest BCUT2D eigenvalue weighted by Crippen LogP contribution is 2.22. The number of unbranched alkanes of at least 4 members (excludes halogenated alkanes) is 1. The third-order valence-electron chi connectivity index (χ3n) is 2.78. The van der Waals surface area contributed by atoms with Crippen molar-refractivity contribution >= 4 is 27.8 Å². The van der Waals surface area contributed by atoms with Crippen LogP contribution in [-0.4, -0.2) is 45.2 Å². The largest absolute Gasteiger partial charge is 0.496 e. The van der Waals surface area contributed by atoms with Gasteiger partial charge in [0, 0.05) is 6.54 Å². The average molecular weight is 333 g/mol. The van der Waals surface area contributed by atoms with E-state index in [2.05, 4.69) is 4.72 Å². The van der Waals surface area contributed by atoms with Crippen LogP contribution in [0.15, 0.2) is 23.1 Å². The Hall–Kier alpha value is -1.25. The van der Waals surface area contributed by atoms with Gasteiger partial charge in [0.2, 0.25) is 10.0 Å². The molecule has 0 saturated carbocycles. The van der Waals surface area contributed by atoms with Gasteiger partial charge < -0.3 is 9.84 Å². The highest BCUT2D eigenvalue weighted by Gasteiger charge is 2.18. The Morgan fingerprint density at radius 3 is 2.67 bits per heavy atom. The van der Waals surface area contributed by atoms with Gasteiger partial charge in [0.05, 0.1) is 12.0 Å². The normalized spacial score (nSPS) is 11.3. The molecule has 0 saturated heterocycles. The summed E-state index contributed by atoms with van der Waals surface area (Å²) in [5, 5.41) is 9.06. The monoisotopic (exact) mass is 333 g/mol. The SMILES string of the molecule is COc1ccc(S(=O)(=O)NCCCCSC)cc1C(=O)O. The lowest BCUT2D eigenvalue weighted by molar-refractivity contribution is 0.0693. The van der Waals surface area contributed by atoms with Gasteiger partial charge in [-0.2, -0.15) is 11.8 Å². The number of hydrogen-bond acceptors (Lipinski definition) is 5. The lowest BCUT2D eigenvalue weighted by Crippen LogP contribution is -2.25. The van der Waals surface area contributed by atoms with Crippen molar-refractivity contribution in [3.05, 3.63) is 23.8 Å². The van der Waals surface area contributed by atoms with E-state index in [0.717, 1.165) is 24.7 Å². The Labute approximate surface area is 128 Å². The fourth-order valence-corrected chi connectivity index (χ4v) is 3.28. The summed E-state index contributed by atoms with van der Waals surface area (Å²) in [7, 11) is -2.37. The van der Waals surface area contributed by atoms with Crippen molar-refractivity contribution in [3.63, 3.8) is 0 Å². The van der Waals surface area contributed by atoms with Crippen LogP contribution < -0.4 is 9.46 Å². The van der Waals surface area contributed by atoms with Gasteiger partial charge in [-0.1, -0.05) is 0 Å². The molecular weight excluding hydrogens is 314 g/mol. The van der Waals surface area contributed by atoms with Gasteiger partial charge in [0.15, 0.2) is 0 Å². The predicted molar refractivity (Wildman–Crippen MR) is 82.8 cm³/mol. The number of nitrogens with one attached hydrogen (secondary N) is 1. The summed E-state index contributed by atoms with van der Waals surface area (Å²) in [5.41, 5.74) is -0.178. The first kappa shape index (κ1) is 17.8. The molecule has 2 N–H and O–H groups in total. The molecule has 0 atom stereocenters. The molecule has 0 amide bonds. The molecule has 0 aliphatic rings. The summed E-state index contributed by atoms with van der Waals surface area (Å²) in [6.45, 7) is 0.331. The second-order valence-corrected chi connectivity index (χ2v) is 7.02. The summed E-state index contributed by atoms with van der Waals surface area (Å²) < 4.78 is 31.5. The fraction of sp³-hybridized carbons (Fsp3) is 0.462. The quantitative estimate of drug-likeness (QED) is 0.670. The summed E-state index contributed by atoms with van der Waals surface area (Å²) in [5.74, 6) is -0.127. The molecule has 1 aromatic rings. The van der Waals surface area contributed by atoms with E-state index >= 15 is 0 Å². The van der Waals surface area contributed by atoms with E-state index < -0.39 is 16.0 Å². The van der Waals surface area contributed by atoms with Crippen LogP contribution in [0.4, 0.5) is 0 Å². The first-order valence-electron chi connectivity index (χ1n) is 6.32. The van der Waals surface area contributed by atoms with E-state index in [0.29, 0.717) is 6.54 Å². The van der Waals surface area contributed by atoms with Crippen LogP contribution in [0.25, 0.3) is 0 Å². The topological polar surface area (TPSA) is 92.7 Å². The zero-order valence-electron chi connectivity index (χ0n) is 12.0. The Balaban J connectivity index is 2.83. The van der Waals surface area contributed by atoms with E-state index in [9.17, 15) is 13.2 Å². The van der Waals surface area contributed by atoms with Crippen molar-refractivity contribution in [2.75, 3.05) is 25.7 Å². The van der Waals surface area contributed by atoms with Gasteiger partial charge in [-0.3, -0.25) is 0 Å². The second-order valence-electron chi connectivity index (χ2n) is 4.26. The van der Waals surface area contributed by atoms with Crippen molar-refractivity contribution in [2.45, 2.75) is 17.7 Å². The van der Waals surface area contributed by atoms with E-state index in [-0.39, 0.29) is 16.2 Å². The number of carboxylic acids is 1. The summed E-state index contributed by atoms with van der Waals surface area (Å²) in [6.07, 6.45) is 3.66. The van der Waals surface area contributed by atoms with Gasteiger partial charge >= 0.3 is 5.97 Å². The van der Waals surface area contributed by atoms with E-state index in [1.165, 1.54) is 19.2 Å². The summed E-state index contributed by atoms with van der Waals surface area (Å²) in [4.78, 5) is 11.0. The molecule has 6 nitrogen and oxygen atoms in total. The molecule has 8 heteroatoms. The molecule has 118 valence electrons. The van der Waals surface area contributed by atoms with Crippen LogP contribution in [-0.2, 0) is 10.0 Å². The molecule has 1 rings (SSSR count). The van der Waals surface area contributed by atoms with Gasteiger partial charge in [-0.25, -0.2) is 17.9 Å². The first-order chi connectivity index (χ1) is 9.92. The molecular formula is C13H19NO5S2. The maximum absolute atomic E-state index is 12.1. The lowest BCUT2D eigenvalue weighted by atomic mass is 10.2. The van der Waals surface area contributed by atoms with Crippen LogP contribution in [0.5, 0.6) is 5.75 Å². The number of sulfonamides is 1. The van der Waals surface area contributed by atoms with Crippen molar-refractivity contribution in [2.24, 2.45) is 0 Å². The highest BCUT2D eigenvalue weighted by molar-refractivity contribution is 7.98. The van der Waals surface area contributed by atoms with E-state index in [4.69, 9.17) is 9.84 Å². The van der Waals surface area contributed by atoms with Gasteiger partial charge in [0.25, 0.3) is 0 Å². The molecule has 0 aromatic heterocycles. The van der Waals surface area contributed by atoms with Gasteiger partial charge in [0.1, 0.15) is 11.3 Å². The molecule has 0 fully saturated rings. The van der Waals surface area contributed by atoms with E-state index in [1.54, 1.807) is 11.8 Å². The molecule has 21 heavy (non-hydrogen) atoms. The minimum Gasteiger partial charge on any atom is -0.496 e. The minimum absolute atomic E-state index is 0.0782. The number of carboxylic acid groups (broad SMARTS) is 1.